The van der Waals surface area contributed by atoms with Crippen LogP contribution in [-0.2, 0) is 24.3 Å². The Morgan fingerprint density at radius 2 is 2.13 bits per heavy atom. The van der Waals surface area contributed by atoms with Gasteiger partial charge in [0, 0.05) is 76.2 Å². The highest BCUT2D eigenvalue weighted by Crippen LogP contribution is 2.30. The lowest BCUT2D eigenvalue weighted by atomic mass is 10.0. The van der Waals surface area contributed by atoms with E-state index in [-0.39, 0.29) is 11.8 Å². The van der Waals surface area contributed by atoms with Crippen LogP contribution in [0.2, 0.25) is 0 Å². The molecule has 1 atom stereocenters. The number of amides is 1. The minimum absolute atomic E-state index is 0.134. The summed E-state index contributed by atoms with van der Waals surface area (Å²) in [4.78, 5) is 30.3. The summed E-state index contributed by atoms with van der Waals surface area (Å²) in [7, 11) is 1.93. The zero-order chi connectivity index (χ0) is 21.4. The van der Waals surface area contributed by atoms with Crippen molar-refractivity contribution < 1.29 is 4.79 Å². The zero-order valence-electron chi connectivity index (χ0n) is 18.1. The van der Waals surface area contributed by atoms with Crippen LogP contribution in [0.25, 0.3) is 10.9 Å². The van der Waals surface area contributed by atoms with E-state index in [4.69, 9.17) is 9.97 Å². The van der Waals surface area contributed by atoms with Crippen molar-refractivity contribution in [1.82, 2.24) is 24.8 Å². The zero-order valence-corrected chi connectivity index (χ0v) is 18.1. The third-order valence-corrected chi connectivity index (χ3v) is 6.47. The standard InChI is InChI=1S/C24H28N6O/c1-16(31)30-11-7-19(14-30)23-27-22-8-10-29(15-20(22)24(25-2)28-23)13-17-5-6-21-18(12-17)4-3-9-26-21/h3-6,9,12,19H,7-8,10-11,13-15H2,1-2H3,(H,25,27,28)/t19-/m0/s1. The smallest absolute Gasteiger partial charge is 0.219 e. The Morgan fingerprint density at radius 1 is 1.23 bits per heavy atom. The molecule has 2 aliphatic rings. The fraction of sp³-hybridized carbons (Fsp3) is 0.417. The Kier molecular flexibility index (Phi) is 5.28. The fourth-order valence-corrected chi connectivity index (χ4v) is 4.75. The first kappa shape index (κ1) is 19.9. The normalized spacial score (nSPS) is 18.9. The number of anilines is 1. The van der Waals surface area contributed by atoms with Gasteiger partial charge in [-0.3, -0.25) is 14.7 Å². The van der Waals surface area contributed by atoms with Crippen molar-refractivity contribution in [3.8, 4) is 0 Å². The Bertz CT molecular complexity index is 1110. The molecule has 31 heavy (non-hydrogen) atoms. The Morgan fingerprint density at radius 3 is 2.94 bits per heavy atom. The second-order valence-electron chi connectivity index (χ2n) is 8.55. The van der Waals surface area contributed by atoms with Crippen molar-refractivity contribution in [3.05, 3.63) is 59.2 Å². The number of carbonyl (C=O) groups excluding carboxylic acids is 1. The van der Waals surface area contributed by atoms with Crippen LogP contribution in [0.1, 0.15) is 41.9 Å². The number of benzene rings is 1. The summed E-state index contributed by atoms with van der Waals surface area (Å²) >= 11 is 0. The van der Waals surface area contributed by atoms with Crippen LogP contribution >= 0.6 is 0 Å². The van der Waals surface area contributed by atoms with Gasteiger partial charge in [0.15, 0.2) is 0 Å². The third kappa shape index (κ3) is 3.97. The first-order valence-electron chi connectivity index (χ1n) is 11.0. The monoisotopic (exact) mass is 416 g/mol. The number of rotatable bonds is 4. The van der Waals surface area contributed by atoms with Gasteiger partial charge in [0.05, 0.1) is 11.2 Å². The molecule has 1 aromatic carbocycles. The molecule has 0 bridgehead atoms. The number of aromatic nitrogens is 3. The molecule has 1 fully saturated rings. The minimum atomic E-state index is 0.134. The molecule has 3 aromatic rings. The van der Waals surface area contributed by atoms with Gasteiger partial charge in [0.1, 0.15) is 11.6 Å². The van der Waals surface area contributed by atoms with E-state index in [0.717, 1.165) is 68.4 Å². The average Bonchev–Trinajstić information content (AvgIpc) is 3.29. The number of nitrogens with one attached hydrogen (secondary N) is 1. The highest BCUT2D eigenvalue weighted by molar-refractivity contribution is 5.78. The number of likely N-dealkylation sites (tertiary alicyclic amines) is 1. The number of hydrogen-bond acceptors (Lipinski definition) is 6. The van der Waals surface area contributed by atoms with Crippen molar-refractivity contribution in [2.24, 2.45) is 0 Å². The molecule has 1 amide bonds. The summed E-state index contributed by atoms with van der Waals surface area (Å²) in [5.41, 5.74) is 4.67. The molecule has 0 radical (unpaired) electrons. The molecule has 0 spiro atoms. The molecule has 1 saturated heterocycles. The van der Waals surface area contributed by atoms with Crippen LogP contribution in [0.15, 0.2) is 36.5 Å². The van der Waals surface area contributed by atoms with Gasteiger partial charge in [0.25, 0.3) is 0 Å². The Labute approximate surface area is 182 Å². The molecule has 1 N–H and O–H groups in total. The maximum atomic E-state index is 11.7. The summed E-state index contributed by atoms with van der Waals surface area (Å²) in [6, 6.07) is 10.6. The van der Waals surface area contributed by atoms with E-state index in [1.54, 1.807) is 6.92 Å². The van der Waals surface area contributed by atoms with Crippen molar-refractivity contribution in [3.63, 3.8) is 0 Å². The summed E-state index contributed by atoms with van der Waals surface area (Å²) in [5, 5.41) is 4.47. The molecule has 2 aromatic heterocycles. The Hall–Kier alpha value is -3.06. The maximum Gasteiger partial charge on any atom is 0.219 e. The lowest BCUT2D eigenvalue weighted by molar-refractivity contribution is -0.127. The van der Waals surface area contributed by atoms with E-state index < -0.39 is 0 Å². The van der Waals surface area contributed by atoms with Crippen molar-refractivity contribution in [2.45, 2.75) is 38.8 Å². The summed E-state index contributed by atoms with van der Waals surface area (Å²) < 4.78 is 0. The lowest BCUT2D eigenvalue weighted by Crippen LogP contribution is -2.32. The van der Waals surface area contributed by atoms with E-state index in [2.05, 4.69) is 39.5 Å². The van der Waals surface area contributed by atoms with Crippen molar-refractivity contribution >= 4 is 22.6 Å². The molecule has 4 heterocycles. The van der Waals surface area contributed by atoms with E-state index in [0.29, 0.717) is 0 Å². The lowest BCUT2D eigenvalue weighted by Gasteiger charge is -2.30. The van der Waals surface area contributed by atoms with E-state index in [9.17, 15) is 4.79 Å². The van der Waals surface area contributed by atoms with Crippen LogP contribution in [0.4, 0.5) is 5.82 Å². The fourth-order valence-electron chi connectivity index (χ4n) is 4.75. The van der Waals surface area contributed by atoms with Gasteiger partial charge in [-0.15, -0.1) is 0 Å². The molecular formula is C24H28N6O. The topological polar surface area (TPSA) is 74.2 Å². The van der Waals surface area contributed by atoms with Crippen molar-refractivity contribution in [1.29, 1.82) is 0 Å². The molecule has 2 aliphatic heterocycles. The van der Waals surface area contributed by atoms with Crippen LogP contribution in [-0.4, -0.2) is 57.3 Å². The predicted molar refractivity (Wildman–Crippen MR) is 121 cm³/mol. The van der Waals surface area contributed by atoms with Gasteiger partial charge < -0.3 is 10.2 Å². The van der Waals surface area contributed by atoms with Crippen molar-refractivity contribution in [2.75, 3.05) is 32.0 Å². The molecule has 5 rings (SSSR count). The molecule has 7 nitrogen and oxygen atoms in total. The first-order chi connectivity index (χ1) is 15.1. The highest BCUT2D eigenvalue weighted by atomic mass is 16.2. The maximum absolute atomic E-state index is 11.7. The third-order valence-electron chi connectivity index (χ3n) is 6.47. The minimum Gasteiger partial charge on any atom is -0.373 e. The average molecular weight is 417 g/mol. The summed E-state index contributed by atoms with van der Waals surface area (Å²) in [5.74, 6) is 2.16. The highest BCUT2D eigenvalue weighted by Gasteiger charge is 2.30. The van der Waals surface area contributed by atoms with Crippen LogP contribution in [0.5, 0.6) is 0 Å². The van der Waals surface area contributed by atoms with E-state index in [1.807, 2.05) is 24.2 Å². The quantitative estimate of drug-likeness (QED) is 0.705. The van der Waals surface area contributed by atoms with Crippen LogP contribution in [0.3, 0.4) is 0 Å². The number of hydrogen-bond donors (Lipinski definition) is 1. The van der Waals surface area contributed by atoms with Gasteiger partial charge in [0.2, 0.25) is 5.91 Å². The molecule has 0 aliphatic carbocycles. The van der Waals surface area contributed by atoms with E-state index in [1.165, 1.54) is 16.5 Å². The second-order valence-corrected chi connectivity index (χ2v) is 8.55. The first-order valence-corrected chi connectivity index (χ1v) is 11.0. The van der Waals surface area contributed by atoms with Gasteiger partial charge in [-0.2, -0.15) is 0 Å². The molecule has 160 valence electrons. The van der Waals surface area contributed by atoms with Gasteiger partial charge >= 0.3 is 0 Å². The van der Waals surface area contributed by atoms with Crippen LogP contribution < -0.4 is 5.32 Å². The molecular weight excluding hydrogens is 388 g/mol. The second kappa shape index (κ2) is 8.23. The van der Waals surface area contributed by atoms with Gasteiger partial charge in [-0.1, -0.05) is 12.1 Å². The molecule has 0 unspecified atom stereocenters. The molecule has 0 saturated carbocycles. The van der Waals surface area contributed by atoms with Gasteiger partial charge in [-0.25, -0.2) is 9.97 Å². The number of pyridine rings is 1. The largest absolute Gasteiger partial charge is 0.373 e. The predicted octanol–water partition coefficient (Wildman–Crippen LogP) is 2.96. The van der Waals surface area contributed by atoms with Crippen LogP contribution in [0, 0.1) is 0 Å². The number of carbonyl (C=O) groups is 1. The summed E-state index contributed by atoms with van der Waals surface area (Å²) in [6.07, 6.45) is 3.68. The SMILES string of the molecule is CNc1nc([C@H]2CCN(C(C)=O)C2)nc2c1CN(Cc1ccc3ncccc3c1)CC2. The number of fused-ring (bicyclic) bond motifs is 2. The van der Waals surface area contributed by atoms with Gasteiger partial charge in [-0.05, 0) is 30.2 Å². The summed E-state index contributed by atoms with van der Waals surface area (Å²) in [6.45, 7) is 5.86. The van der Waals surface area contributed by atoms with E-state index >= 15 is 0 Å². The Balaban J connectivity index is 1.35. The molecule has 7 heteroatoms. The number of nitrogens with zero attached hydrogens (tertiary/aromatic N) is 5.